The first-order chi connectivity index (χ1) is 10.8. The number of amides is 2. The van der Waals surface area contributed by atoms with E-state index in [0.717, 1.165) is 22.8 Å². The Morgan fingerprint density at radius 2 is 1.57 bits per heavy atom. The minimum Gasteiger partial charge on any atom is -0.444 e. The van der Waals surface area contributed by atoms with Crippen LogP contribution in [0.1, 0.15) is 50.4 Å². The Bertz CT molecular complexity index is 510. The van der Waals surface area contributed by atoms with Gasteiger partial charge >= 0.3 is 6.09 Å². The third kappa shape index (κ3) is 9.43. The van der Waals surface area contributed by atoms with E-state index in [1.165, 1.54) is 0 Å². The summed E-state index contributed by atoms with van der Waals surface area (Å²) >= 11 is 2.21. The van der Waals surface area contributed by atoms with Crippen LogP contribution in [-0.4, -0.2) is 30.7 Å². The molecule has 0 bridgehead atoms. The molecule has 0 unspecified atom stereocenters. The van der Waals surface area contributed by atoms with E-state index >= 15 is 0 Å². The van der Waals surface area contributed by atoms with Crippen molar-refractivity contribution in [1.82, 2.24) is 10.6 Å². The molecule has 6 heteroatoms. The van der Waals surface area contributed by atoms with Crippen LogP contribution in [0.4, 0.5) is 4.79 Å². The number of nitrogens with one attached hydrogen (secondary N) is 2. The molecule has 0 atom stereocenters. The van der Waals surface area contributed by atoms with Gasteiger partial charge in [0.15, 0.2) is 0 Å². The molecule has 1 aromatic rings. The van der Waals surface area contributed by atoms with Crippen LogP contribution in [0.15, 0.2) is 24.3 Å². The van der Waals surface area contributed by atoms with Gasteiger partial charge in [0.25, 0.3) is 5.91 Å². The van der Waals surface area contributed by atoms with E-state index in [0.29, 0.717) is 18.7 Å². The van der Waals surface area contributed by atoms with Crippen LogP contribution in [0.25, 0.3) is 0 Å². The second-order valence-corrected chi connectivity index (χ2v) is 7.50. The fraction of sp³-hybridized carbons (Fsp3) is 0.529. The van der Waals surface area contributed by atoms with Gasteiger partial charge in [-0.05, 0) is 86.9 Å². The van der Waals surface area contributed by atoms with Crippen molar-refractivity contribution in [2.75, 3.05) is 13.1 Å². The number of carbonyl (C=O) groups excluding carboxylic acids is 2. The van der Waals surface area contributed by atoms with Gasteiger partial charge in [-0.25, -0.2) is 4.79 Å². The zero-order valence-corrected chi connectivity index (χ0v) is 16.1. The van der Waals surface area contributed by atoms with Crippen LogP contribution in [0, 0.1) is 3.57 Å². The standard InChI is InChI=1S/C17H25IN2O3/c1-17(2,3)23-16(22)20-12-6-4-5-11-19-15(21)13-7-9-14(18)10-8-13/h7-10H,4-6,11-12H2,1-3H3,(H,19,21)(H,20,22). The van der Waals surface area contributed by atoms with Crippen molar-refractivity contribution < 1.29 is 14.3 Å². The Morgan fingerprint density at radius 3 is 2.13 bits per heavy atom. The number of benzene rings is 1. The summed E-state index contributed by atoms with van der Waals surface area (Å²) < 4.78 is 6.25. The summed E-state index contributed by atoms with van der Waals surface area (Å²) in [6.07, 6.45) is 2.29. The first kappa shape index (κ1) is 19.7. The highest BCUT2D eigenvalue weighted by Crippen LogP contribution is 2.07. The van der Waals surface area contributed by atoms with E-state index < -0.39 is 5.60 Å². The Morgan fingerprint density at radius 1 is 1.00 bits per heavy atom. The molecule has 0 heterocycles. The minimum absolute atomic E-state index is 0.0479. The highest BCUT2D eigenvalue weighted by atomic mass is 127. The molecule has 0 saturated heterocycles. The molecule has 2 amide bonds. The van der Waals surface area contributed by atoms with Crippen molar-refractivity contribution in [2.24, 2.45) is 0 Å². The normalized spacial score (nSPS) is 11.0. The molecule has 23 heavy (non-hydrogen) atoms. The van der Waals surface area contributed by atoms with E-state index in [-0.39, 0.29) is 12.0 Å². The smallest absolute Gasteiger partial charge is 0.407 e. The minimum atomic E-state index is -0.468. The molecule has 0 aliphatic heterocycles. The van der Waals surface area contributed by atoms with E-state index in [4.69, 9.17) is 4.74 Å². The van der Waals surface area contributed by atoms with Gasteiger partial charge in [0.2, 0.25) is 0 Å². The molecule has 1 aromatic carbocycles. The Labute approximate surface area is 151 Å². The first-order valence-corrected chi connectivity index (χ1v) is 8.86. The number of halogens is 1. The Balaban J connectivity index is 2.06. The molecule has 0 aromatic heterocycles. The van der Waals surface area contributed by atoms with Crippen molar-refractivity contribution >= 4 is 34.6 Å². The SMILES string of the molecule is CC(C)(C)OC(=O)NCCCCCNC(=O)c1ccc(I)cc1. The zero-order chi connectivity index (χ0) is 17.3. The number of unbranched alkanes of at least 4 members (excludes halogenated alkanes) is 2. The van der Waals surface area contributed by atoms with Gasteiger partial charge in [-0.3, -0.25) is 4.79 Å². The fourth-order valence-corrected chi connectivity index (χ4v) is 2.20. The number of hydrogen-bond acceptors (Lipinski definition) is 3. The summed E-state index contributed by atoms with van der Waals surface area (Å²) in [5.74, 6) is -0.0479. The third-order valence-electron chi connectivity index (χ3n) is 2.91. The number of alkyl carbamates (subject to hydrolysis) is 1. The predicted octanol–water partition coefficient (Wildman–Crippen LogP) is 3.72. The van der Waals surface area contributed by atoms with Gasteiger partial charge in [-0.1, -0.05) is 0 Å². The molecule has 5 nitrogen and oxygen atoms in total. The molecular weight excluding hydrogens is 407 g/mol. The lowest BCUT2D eigenvalue weighted by Gasteiger charge is -2.19. The lowest BCUT2D eigenvalue weighted by Crippen LogP contribution is -2.33. The van der Waals surface area contributed by atoms with Crippen molar-refractivity contribution in [1.29, 1.82) is 0 Å². The van der Waals surface area contributed by atoms with Gasteiger partial charge < -0.3 is 15.4 Å². The van der Waals surface area contributed by atoms with Crippen molar-refractivity contribution in [3.8, 4) is 0 Å². The monoisotopic (exact) mass is 432 g/mol. The Hall–Kier alpha value is -1.31. The van der Waals surface area contributed by atoms with Crippen LogP contribution in [-0.2, 0) is 4.74 Å². The summed E-state index contributed by atoms with van der Waals surface area (Å²) in [6.45, 7) is 6.73. The number of rotatable bonds is 7. The number of hydrogen-bond donors (Lipinski definition) is 2. The summed E-state index contributed by atoms with van der Waals surface area (Å²) in [6, 6.07) is 7.47. The van der Waals surface area contributed by atoms with Gasteiger partial charge in [0.05, 0.1) is 0 Å². The quantitative estimate of drug-likeness (QED) is 0.510. The van der Waals surface area contributed by atoms with Crippen molar-refractivity contribution in [2.45, 2.75) is 45.6 Å². The number of ether oxygens (including phenoxy) is 1. The van der Waals surface area contributed by atoms with Crippen LogP contribution < -0.4 is 10.6 Å². The van der Waals surface area contributed by atoms with E-state index in [9.17, 15) is 9.59 Å². The predicted molar refractivity (Wildman–Crippen MR) is 99.6 cm³/mol. The zero-order valence-electron chi connectivity index (χ0n) is 13.9. The highest BCUT2D eigenvalue weighted by Gasteiger charge is 2.15. The van der Waals surface area contributed by atoms with Gasteiger partial charge in [0.1, 0.15) is 5.60 Å². The molecule has 1 rings (SSSR count). The molecule has 2 N–H and O–H groups in total. The first-order valence-electron chi connectivity index (χ1n) is 7.78. The van der Waals surface area contributed by atoms with Crippen LogP contribution >= 0.6 is 22.6 Å². The number of carbonyl (C=O) groups is 2. The second kappa shape index (κ2) is 9.75. The van der Waals surface area contributed by atoms with E-state index in [1.807, 2.05) is 45.0 Å². The van der Waals surface area contributed by atoms with E-state index in [1.54, 1.807) is 0 Å². The lowest BCUT2D eigenvalue weighted by molar-refractivity contribution is 0.0527. The highest BCUT2D eigenvalue weighted by molar-refractivity contribution is 14.1. The van der Waals surface area contributed by atoms with Gasteiger partial charge in [-0.15, -0.1) is 0 Å². The van der Waals surface area contributed by atoms with Crippen LogP contribution in [0.5, 0.6) is 0 Å². The van der Waals surface area contributed by atoms with Gasteiger partial charge in [0, 0.05) is 22.2 Å². The molecule has 0 radical (unpaired) electrons. The topological polar surface area (TPSA) is 67.4 Å². The molecular formula is C17H25IN2O3. The summed E-state index contributed by atoms with van der Waals surface area (Å²) in [4.78, 5) is 23.3. The average molecular weight is 432 g/mol. The molecule has 0 fully saturated rings. The summed E-state index contributed by atoms with van der Waals surface area (Å²) in [7, 11) is 0. The molecule has 0 spiro atoms. The average Bonchev–Trinajstić information content (AvgIpc) is 2.45. The van der Waals surface area contributed by atoms with Crippen molar-refractivity contribution in [3.63, 3.8) is 0 Å². The lowest BCUT2D eigenvalue weighted by atomic mass is 10.2. The molecule has 128 valence electrons. The maximum atomic E-state index is 11.9. The Kier molecular flexibility index (Phi) is 8.36. The fourth-order valence-electron chi connectivity index (χ4n) is 1.84. The van der Waals surface area contributed by atoms with Crippen molar-refractivity contribution in [3.05, 3.63) is 33.4 Å². The van der Waals surface area contributed by atoms with Crippen LogP contribution in [0.3, 0.4) is 0 Å². The molecule has 0 aliphatic carbocycles. The molecule has 0 aliphatic rings. The maximum absolute atomic E-state index is 11.9. The van der Waals surface area contributed by atoms with Crippen LogP contribution in [0.2, 0.25) is 0 Å². The maximum Gasteiger partial charge on any atom is 0.407 e. The summed E-state index contributed by atoms with van der Waals surface area (Å²) in [5, 5.41) is 5.62. The molecule has 0 saturated carbocycles. The van der Waals surface area contributed by atoms with E-state index in [2.05, 4.69) is 33.2 Å². The largest absolute Gasteiger partial charge is 0.444 e. The van der Waals surface area contributed by atoms with Gasteiger partial charge in [-0.2, -0.15) is 0 Å². The summed E-state index contributed by atoms with van der Waals surface area (Å²) in [5.41, 5.74) is 0.209. The second-order valence-electron chi connectivity index (χ2n) is 6.25. The third-order valence-corrected chi connectivity index (χ3v) is 3.63.